The molecule has 3 aromatic rings. The number of nitrogens with zero attached hydrogens (tertiary/aromatic N) is 4. The van der Waals surface area contributed by atoms with E-state index in [0.717, 1.165) is 22.2 Å². The molecule has 0 fully saturated rings. The minimum atomic E-state index is -0.254. The molecule has 1 N–H and O–H groups in total. The quantitative estimate of drug-likeness (QED) is 0.537. The molecule has 0 saturated carbocycles. The molecule has 6 heteroatoms. The molecular formula is C21H23N5O. The van der Waals surface area contributed by atoms with Gasteiger partial charge in [0.25, 0.3) is 5.91 Å². The van der Waals surface area contributed by atoms with E-state index in [1.54, 1.807) is 10.9 Å². The second kappa shape index (κ2) is 8.40. The Morgan fingerprint density at radius 2 is 1.93 bits per heavy atom. The van der Waals surface area contributed by atoms with Crippen LogP contribution in [0.1, 0.15) is 37.8 Å². The molecular weight excluding hydrogens is 338 g/mol. The molecule has 0 unspecified atom stereocenters. The second-order valence-electron chi connectivity index (χ2n) is 6.74. The zero-order valence-electron chi connectivity index (χ0n) is 15.8. The van der Waals surface area contributed by atoms with Crippen LogP contribution in [-0.2, 0) is 11.3 Å². The highest BCUT2D eigenvalue weighted by molar-refractivity contribution is 5.86. The Morgan fingerprint density at radius 3 is 2.67 bits per heavy atom. The first kappa shape index (κ1) is 18.5. The minimum Gasteiger partial charge on any atom is -0.271 e. The van der Waals surface area contributed by atoms with Gasteiger partial charge in [-0.05, 0) is 41.7 Å². The Labute approximate surface area is 158 Å². The van der Waals surface area contributed by atoms with Gasteiger partial charge < -0.3 is 0 Å². The Hall–Kier alpha value is -3.28. The van der Waals surface area contributed by atoms with Crippen LogP contribution in [0.4, 0.5) is 0 Å². The van der Waals surface area contributed by atoms with E-state index in [-0.39, 0.29) is 12.5 Å². The third-order valence-electron chi connectivity index (χ3n) is 4.17. The van der Waals surface area contributed by atoms with Crippen LogP contribution >= 0.6 is 0 Å². The van der Waals surface area contributed by atoms with E-state index in [9.17, 15) is 4.79 Å². The maximum atomic E-state index is 12.1. The number of hydrogen-bond donors (Lipinski definition) is 1. The molecule has 0 saturated heterocycles. The number of benzene rings is 2. The molecule has 1 amide bonds. The Balaban J connectivity index is 1.56. The lowest BCUT2D eigenvalue weighted by molar-refractivity contribution is -0.121. The summed E-state index contributed by atoms with van der Waals surface area (Å²) in [6.07, 6.45) is 3.65. The van der Waals surface area contributed by atoms with E-state index >= 15 is 0 Å². The molecule has 27 heavy (non-hydrogen) atoms. The largest absolute Gasteiger partial charge is 0.271 e. The highest BCUT2D eigenvalue weighted by Crippen LogP contribution is 2.16. The molecule has 0 aliphatic carbocycles. The fourth-order valence-corrected chi connectivity index (χ4v) is 2.69. The van der Waals surface area contributed by atoms with Crippen molar-refractivity contribution in [2.75, 3.05) is 0 Å². The van der Waals surface area contributed by atoms with Gasteiger partial charge in [-0.2, -0.15) is 5.10 Å². The van der Waals surface area contributed by atoms with Crippen LogP contribution in [0.3, 0.4) is 0 Å². The van der Waals surface area contributed by atoms with Crippen molar-refractivity contribution in [3.05, 3.63) is 65.2 Å². The Kier molecular flexibility index (Phi) is 5.76. The van der Waals surface area contributed by atoms with Crippen LogP contribution in [0, 0.1) is 0 Å². The third kappa shape index (κ3) is 4.88. The summed E-state index contributed by atoms with van der Waals surface area (Å²) in [4.78, 5) is 12.1. The first-order valence-electron chi connectivity index (χ1n) is 8.91. The fourth-order valence-electron chi connectivity index (χ4n) is 2.69. The number of rotatable bonds is 6. The van der Waals surface area contributed by atoms with E-state index in [4.69, 9.17) is 0 Å². The van der Waals surface area contributed by atoms with Crippen LogP contribution in [0.15, 0.2) is 59.2 Å². The number of carbonyl (C=O) groups is 1. The van der Waals surface area contributed by atoms with E-state index in [0.29, 0.717) is 5.92 Å². The number of allylic oxidation sites excluding steroid dienone is 1. The summed E-state index contributed by atoms with van der Waals surface area (Å²) >= 11 is 0. The Morgan fingerprint density at radius 1 is 1.19 bits per heavy atom. The van der Waals surface area contributed by atoms with Crippen molar-refractivity contribution >= 4 is 29.2 Å². The highest BCUT2D eigenvalue weighted by Gasteiger charge is 2.07. The molecule has 0 bridgehead atoms. The van der Waals surface area contributed by atoms with Gasteiger partial charge in [-0.15, -0.1) is 5.10 Å². The summed E-state index contributed by atoms with van der Waals surface area (Å²) in [6, 6.07) is 15.9. The number of amides is 1. The molecule has 1 heterocycles. The number of nitrogens with one attached hydrogen (secondary N) is 1. The van der Waals surface area contributed by atoms with Gasteiger partial charge in [0.1, 0.15) is 12.1 Å². The molecule has 0 aliphatic heterocycles. The lowest BCUT2D eigenvalue weighted by atomic mass is 10.0. The zero-order valence-corrected chi connectivity index (χ0v) is 15.8. The summed E-state index contributed by atoms with van der Waals surface area (Å²) < 4.78 is 1.55. The lowest BCUT2D eigenvalue weighted by Gasteiger charge is -2.05. The molecule has 0 atom stereocenters. The van der Waals surface area contributed by atoms with Gasteiger partial charge in [-0.25, -0.2) is 10.1 Å². The van der Waals surface area contributed by atoms with Gasteiger partial charge in [0.2, 0.25) is 0 Å². The van der Waals surface area contributed by atoms with Crippen LogP contribution in [0.5, 0.6) is 0 Å². The molecule has 0 radical (unpaired) electrons. The highest BCUT2D eigenvalue weighted by atomic mass is 16.2. The smallest absolute Gasteiger partial charge is 0.261 e. The predicted octanol–water partition coefficient (Wildman–Crippen LogP) is 3.76. The van der Waals surface area contributed by atoms with Crippen molar-refractivity contribution in [2.24, 2.45) is 5.10 Å². The van der Waals surface area contributed by atoms with Gasteiger partial charge >= 0.3 is 0 Å². The molecule has 1 aromatic heterocycles. The van der Waals surface area contributed by atoms with Gasteiger partial charge in [-0.1, -0.05) is 61.5 Å². The van der Waals surface area contributed by atoms with Gasteiger partial charge in [-0.3, -0.25) is 4.79 Å². The summed E-state index contributed by atoms with van der Waals surface area (Å²) in [5.74, 6) is 0.263. The summed E-state index contributed by atoms with van der Waals surface area (Å²) in [6.45, 7) is 6.36. The second-order valence-corrected chi connectivity index (χ2v) is 6.74. The van der Waals surface area contributed by atoms with Gasteiger partial charge in [0, 0.05) is 0 Å². The number of aromatic nitrogens is 3. The number of hydrazone groups is 1. The van der Waals surface area contributed by atoms with Crippen molar-refractivity contribution in [3.63, 3.8) is 0 Å². The number of carbonyl (C=O) groups excluding carboxylic acids is 1. The van der Waals surface area contributed by atoms with E-state index in [1.165, 1.54) is 5.56 Å². The van der Waals surface area contributed by atoms with Crippen LogP contribution in [0.25, 0.3) is 17.1 Å². The number of hydrogen-bond acceptors (Lipinski definition) is 4. The monoisotopic (exact) mass is 361 g/mol. The van der Waals surface area contributed by atoms with E-state index in [2.05, 4.69) is 59.0 Å². The zero-order chi connectivity index (χ0) is 19.2. The average molecular weight is 361 g/mol. The first-order valence-corrected chi connectivity index (χ1v) is 8.91. The van der Waals surface area contributed by atoms with Gasteiger partial charge in [0.05, 0.1) is 11.7 Å². The maximum absolute atomic E-state index is 12.1. The lowest BCUT2D eigenvalue weighted by Crippen LogP contribution is -2.23. The average Bonchev–Trinajstić information content (AvgIpc) is 3.05. The predicted molar refractivity (Wildman–Crippen MR) is 108 cm³/mol. The van der Waals surface area contributed by atoms with Crippen LogP contribution < -0.4 is 5.43 Å². The van der Waals surface area contributed by atoms with Crippen molar-refractivity contribution < 1.29 is 4.79 Å². The molecule has 6 nitrogen and oxygen atoms in total. The van der Waals surface area contributed by atoms with Crippen molar-refractivity contribution in [2.45, 2.75) is 33.2 Å². The number of fused-ring (bicyclic) bond motifs is 1. The third-order valence-corrected chi connectivity index (χ3v) is 4.17. The van der Waals surface area contributed by atoms with Crippen molar-refractivity contribution in [1.82, 2.24) is 20.4 Å². The van der Waals surface area contributed by atoms with Gasteiger partial charge in [0.15, 0.2) is 0 Å². The Bertz CT molecular complexity index is 983. The summed E-state index contributed by atoms with van der Waals surface area (Å²) in [7, 11) is 0. The first-order chi connectivity index (χ1) is 13.0. The normalized spacial score (nSPS) is 12.2. The minimum absolute atomic E-state index is 0.0667. The van der Waals surface area contributed by atoms with Crippen molar-refractivity contribution in [1.29, 1.82) is 0 Å². The molecule has 2 aromatic carbocycles. The van der Waals surface area contributed by atoms with E-state index in [1.807, 2.05) is 37.3 Å². The van der Waals surface area contributed by atoms with E-state index < -0.39 is 0 Å². The SMILES string of the molecule is CC(/C=N/NC(=O)Cn1nnc2ccccc21)=C\c1ccc(C(C)C)cc1. The summed E-state index contributed by atoms with van der Waals surface area (Å²) in [5, 5.41) is 12.0. The fraction of sp³-hybridized carbons (Fsp3) is 0.238. The van der Waals surface area contributed by atoms with Crippen LogP contribution in [0.2, 0.25) is 0 Å². The van der Waals surface area contributed by atoms with Crippen molar-refractivity contribution in [3.8, 4) is 0 Å². The molecule has 138 valence electrons. The maximum Gasteiger partial charge on any atom is 0.261 e. The molecule has 0 spiro atoms. The standard InChI is InChI=1S/C21H23N5O/c1-15(2)18-10-8-17(9-11-18)12-16(3)13-22-24-21(27)14-26-20-7-5-4-6-19(20)23-25-26/h4-13,15H,14H2,1-3H3,(H,24,27)/b16-12+,22-13+. The molecule has 0 aliphatic rings. The van der Waals surface area contributed by atoms with Crippen LogP contribution in [-0.4, -0.2) is 27.1 Å². The number of para-hydroxylation sites is 1. The summed E-state index contributed by atoms with van der Waals surface area (Å²) in [5.41, 5.74) is 7.46. The molecule has 3 rings (SSSR count). The topological polar surface area (TPSA) is 72.2 Å².